The molecule has 0 unspecified atom stereocenters. The Kier molecular flexibility index (Phi) is 4.59. The molecule has 0 spiro atoms. The lowest BCUT2D eigenvalue weighted by Gasteiger charge is -2.07. The molecule has 4 nitrogen and oxygen atoms in total. The normalized spacial score (nSPS) is 11.8. The molecule has 20 heavy (non-hydrogen) atoms. The van der Waals surface area contributed by atoms with Crippen molar-refractivity contribution in [2.45, 2.75) is 31.2 Å². The van der Waals surface area contributed by atoms with E-state index in [9.17, 15) is 8.42 Å². The number of sulfonamides is 1. The lowest BCUT2D eigenvalue weighted by molar-refractivity contribution is 0.285. The molecule has 0 amide bonds. The van der Waals surface area contributed by atoms with Gasteiger partial charge in [-0.3, -0.25) is 0 Å². The van der Waals surface area contributed by atoms with Crippen LogP contribution < -0.4 is 4.72 Å². The Morgan fingerprint density at radius 2 is 1.90 bits per heavy atom. The molecular weight excluding hydrogens is 294 g/mol. The Morgan fingerprint density at radius 3 is 2.50 bits per heavy atom. The highest BCUT2D eigenvalue weighted by atomic mass is 32.2. The van der Waals surface area contributed by atoms with Crippen molar-refractivity contribution in [2.24, 2.45) is 0 Å². The second-order valence-corrected chi connectivity index (χ2v) is 7.71. The molecule has 2 N–H and O–H groups in total. The summed E-state index contributed by atoms with van der Waals surface area (Å²) in [5, 5.41) is 9.14. The minimum Gasteiger partial charge on any atom is -0.391 e. The average molecular weight is 311 g/mol. The van der Waals surface area contributed by atoms with E-state index in [4.69, 9.17) is 5.11 Å². The highest BCUT2D eigenvalue weighted by Crippen LogP contribution is 2.26. The Labute approximate surface area is 123 Å². The predicted octanol–water partition coefficient (Wildman–Crippen LogP) is 2.34. The molecular formula is C14H17NO3S2. The number of nitrogens with one attached hydrogen (secondary N) is 1. The van der Waals surface area contributed by atoms with Crippen molar-refractivity contribution in [1.82, 2.24) is 4.72 Å². The molecule has 1 aromatic heterocycles. The van der Waals surface area contributed by atoms with E-state index in [1.54, 1.807) is 13.0 Å². The summed E-state index contributed by atoms with van der Waals surface area (Å²) in [7, 11) is -3.53. The zero-order chi connectivity index (χ0) is 14.8. The monoisotopic (exact) mass is 311 g/mol. The largest absolute Gasteiger partial charge is 0.391 e. The van der Waals surface area contributed by atoms with E-state index in [0.29, 0.717) is 4.88 Å². The Hall–Kier alpha value is -1.21. The number of aliphatic hydroxyl groups excluding tert-OH is 1. The predicted molar refractivity (Wildman–Crippen MR) is 80.2 cm³/mol. The second-order valence-electron chi connectivity index (χ2n) is 4.58. The quantitative estimate of drug-likeness (QED) is 0.890. The maximum absolute atomic E-state index is 12.2. The third kappa shape index (κ3) is 3.27. The number of hydrogen-bond donors (Lipinski definition) is 2. The molecule has 6 heteroatoms. The lowest BCUT2D eigenvalue weighted by Crippen LogP contribution is -2.22. The first-order chi connectivity index (χ1) is 9.44. The minimum atomic E-state index is -3.53. The number of benzene rings is 1. The summed E-state index contributed by atoms with van der Waals surface area (Å²) in [5.41, 5.74) is 2.80. The highest BCUT2D eigenvalue weighted by molar-refractivity contribution is 7.91. The molecule has 1 heterocycles. The van der Waals surface area contributed by atoms with Gasteiger partial charge < -0.3 is 5.11 Å². The van der Waals surface area contributed by atoms with Crippen LogP contribution >= 0.6 is 11.3 Å². The second kappa shape index (κ2) is 6.05. The van der Waals surface area contributed by atoms with Gasteiger partial charge in [0.15, 0.2) is 0 Å². The summed E-state index contributed by atoms with van der Waals surface area (Å²) in [6.07, 6.45) is 0. The molecule has 0 saturated carbocycles. The van der Waals surface area contributed by atoms with Crippen LogP contribution in [0.2, 0.25) is 0 Å². The number of rotatable bonds is 5. The first-order valence-corrected chi connectivity index (χ1v) is 8.48. The van der Waals surface area contributed by atoms with Gasteiger partial charge in [0.1, 0.15) is 4.21 Å². The highest BCUT2D eigenvalue weighted by Gasteiger charge is 2.18. The molecule has 0 atom stereocenters. The van der Waals surface area contributed by atoms with Crippen molar-refractivity contribution < 1.29 is 13.5 Å². The zero-order valence-electron chi connectivity index (χ0n) is 11.4. The molecule has 0 fully saturated rings. The summed E-state index contributed by atoms with van der Waals surface area (Å²) >= 11 is 1.11. The Balaban J connectivity index is 2.17. The van der Waals surface area contributed by atoms with Gasteiger partial charge in [-0.15, -0.1) is 11.3 Å². The SMILES string of the molecule is Cc1ccccc1CNS(=O)(=O)c1cc(C)c(CO)s1. The van der Waals surface area contributed by atoms with E-state index in [1.165, 1.54) is 0 Å². The smallest absolute Gasteiger partial charge is 0.250 e. The van der Waals surface area contributed by atoms with Gasteiger partial charge in [-0.2, -0.15) is 0 Å². The van der Waals surface area contributed by atoms with Crippen molar-refractivity contribution >= 4 is 21.4 Å². The van der Waals surface area contributed by atoms with Gasteiger partial charge in [0.05, 0.1) is 6.61 Å². The molecule has 0 saturated heterocycles. The lowest BCUT2D eigenvalue weighted by atomic mass is 10.1. The van der Waals surface area contributed by atoms with E-state index < -0.39 is 10.0 Å². The van der Waals surface area contributed by atoms with Crippen LogP contribution in [0.4, 0.5) is 0 Å². The Morgan fingerprint density at radius 1 is 1.20 bits per heavy atom. The third-order valence-electron chi connectivity index (χ3n) is 3.12. The van der Waals surface area contributed by atoms with Crippen LogP contribution in [-0.2, 0) is 23.2 Å². The molecule has 2 rings (SSSR count). The fourth-order valence-electron chi connectivity index (χ4n) is 1.83. The van der Waals surface area contributed by atoms with Gasteiger partial charge in [0, 0.05) is 11.4 Å². The summed E-state index contributed by atoms with van der Waals surface area (Å²) in [6.45, 7) is 3.87. The topological polar surface area (TPSA) is 66.4 Å². The number of hydrogen-bond acceptors (Lipinski definition) is 4. The van der Waals surface area contributed by atoms with E-state index in [0.717, 1.165) is 28.0 Å². The van der Waals surface area contributed by atoms with Crippen molar-refractivity contribution in [2.75, 3.05) is 0 Å². The summed E-state index contributed by atoms with van der Waals surface area (Å²) in [6, 6.07) is 9.25. The molecule has 0 aliphatic rings. The van der Waals surface area contributed by atoms with Crippen LogP contribution in [-0.4, -0.2) is 13.5 Å². The van der Waals surface area contributed by atoms with Crippen LogP contribution in [0.15, 0.2) is 34.5 Å². The van der Waals surface area contributed by atoms with E-state index in [1.807, 2.05) is 31.2 Å². The van der Waals surface area contributed by atoms with Crippen LogP contribution in [0.1, 0.15) is 21.6 Å². The molecule has 0 aliphatic carbocycles. The van der Waals surface area contributed by atoms with Gasteiger partial charge in [-0.05, 0) is 36.6 Å². The van der Waals surface area contributed by atoms with E-state index >= 15 is 0 Å². The molecule has 108 valence electrons. The first-order valence-electron chi connectivity index (χ1n) is 6.18. The van der Waals surface area contributed by atoms with Crippen LogP contribution in [0.5, 0.6) is 0 Å². The number of aryl methyl sites for hydroxylation is 2. The summed E-state index contributed by atoms with van der Waals surface area (Å²) < 4.78 is 27.3. The van der Waals surface area contributed by atoms with Crippen molar-refractivity contribution in [3.63, 3.8) is 0 Å². The van der Waals surface area contributed by atoms with Crippen molar-refractivity contribution in [3.05, 3.63) is 51.9 Å². The van der Waals surface area contributed by atoms with Crippen molar-refractivity contribution in [3.8, 4) is 0 Å². The van der Waals surface area contributed by atoms with Gasteiger partial charge in [-0.1, -0.05) is 24.3 Å². The molecule has 0 bridgehead atoms. The van der Waals surface area contributed by atoms with Gasteiger partial charge in [0.2, 0.25) is 10.0 Å². The minimum absolute atomic E-state index is 0.135. The van der Waals surface area contributed by atoms with Crippen LogP contribution in [0, 0.1) is 13.8 Å². The zero-order valence-corrected chi connectivity index (χ0v) is 13.0. The molecule has 0 radical (unpaired) electrons. The number of aliphatic hydroxyl groups is 1. The fourth-order valence-corrected chi connectivity index (χ4v) is 4.33. The standard InChI is InChI=1S/C14H17NO3S2/c1-10-5-3-4-6-12(10)8-15-20(17,18)14-7-11(2)13(9-16)19-14/h3-7,15-16H,8-9H2,1-2H3. The van der Waals surface area contributed by atoms with Crippen molar-refractivity contribution in [1.29, 1.82) is 0 Å². The van der Waals surface area contributed by atoms with Crippen LogP contribution in [0.3, 0.4) is 0 Å². The third-order valence-corrected chi connectivity index (χ3v) is 6.22. The number of thiophene rings is 1. The molecule has 1 aromatic carbocycles. The maximum atomic E-state index is 12.2. The molecule has 2 aromatic rings. The Bertz CT molecular complexity index is 705. The summed E-state index contributed by atoms with van der Waals surface area (Å²) in [5.74, 6) is 0. The molecule has 0 aliphatic heterocycles. The maximum Gasteiger partial charge on any atom is 0.250 e. The van der Waals surface area contributed by atoms with E-state index in [2.05, 4.69) is 4.72 Å². The van der Waals surface area contributed by atoms with Gasteiger partial charge in [0.25, 0.3) is 0 Å². The van der Waals surface area contributed by atoms with Gasteiger partial charge in [-0.25, -0.2) is 13.1 Å². The van der Waals surface area contributed by atoms with E-state index in [-0.39, 0.29) is 17.4 Å². The average Bonchev–Trinajstić information content (AvgIpc) is 2.80. The van der Waals surface area contributed by atoms with Crippen LogP contribution in [0.25, 0.3) is 0 Å². The summed E-state index contributed by atoms with van der Waals surface area (Å²) in [4.78, 5) is 0.682. The fraction of sp³-hybridized carbons (Fsp3) is 0.286. The van der Waals surface area contributed by atoms with Gasteiger partial charge >= 0.3 is 0 Å². The first kappa shape index (κ1) is 15.2.